The molecule has 5 aliphatic rings. The van der Waals surface area contributed by atoms with Crippen LogP contribution in [0.1, 0.15) is 44.9 Å². The lowest BCUT2D eigenvalue weighted by Gasteiger charge is -2.54. The van der Waals surface area contributed by atoms with Crippen molar-refractivity contribution >= 4 is 15.9 Å². The Bertz CT molecular complexity index is 622. The number of hydrogen-bond donors (Lipinski definition) is 1. The molecule has 4 aliphatic carbocycles. The third kappa shape index (κ3) is 3.67. The summed E-state index contributed by atoms with van der Waals surface area (Å²) < 4.78 is 24.5. The number of nitrogens with one attached hydrogen (secondary N) is 1. The largest absolute Gasteiger partial charge is 0.351 e. The van der Waals surface area contributed by atoms with E-state index in [1.54, 1.807) is 7.05 Å². The molecule has 5 rings (SSSR count). The van der Waals surface area contributed by atoms with Crippen LogP contribution in [0.5, 0.6) is 0 Å². The van der Waals surface area contributed by atoms with Gasteiger partial charge in [-0.3, -0.25) is 9.69 Å². The minimum Gasteiger partial charge on any atom is -0.351 e. The Morgan fingerprint density at radius 1 is 1.12 bits per heavy atom. The van der Waals surface area contributed by atoms with Crippen molar-refractivity contribution in [1.29, 1.82) is 0 Å². The van der Waals surface area contributed by atoms with Crippen molar-refractivity contribution in [3.8, 4) is 0 Å². The van der Waals surface area contributed by atoms with Crippen LogP contribution in [0, 0.1) is 23.7 Å². The van der Waals surface area contributed by atoms with E-state index in [-0.39, 0.29) is 11.9 Å². The van der Waals surface area contributed by atoms with E-state index in [1.165, 1.54) is 42.7 Å². The lowest BCUT2D eigenvalue weighted by molar-refractivity contribution is -0.129. The molecular weight excluding hydrogens is 350 g/mol. The van der Waals surface area contributed by atoms with Crippen molar-refractivity contribution in [1.82, 2.24) is 14.5 Å². The molecule has 7 heteroatoms. The first-order chi connectivity index (χ1) is 12.3. The van der Waals surface area contributed by atoms with Crippen LogP contribution in [0.25, 0.3) is 0 Å². The fourth-order valence-corrected chi connectivity index (χ4v) is 6.66. The van der Waals surface area contributed by atoms with Gasteiger partial charge in [-0.05, 0) is 75.2 Å². The van der Waals surface area contributed by atoms with Crippen molar-refractivity contribution in [3.63, 3.8) is 0 Å². The molecule has 0 aromatic rings. The van der Waals surface area contributed by atoms with Gasteiger partial charge in [0.15, 0.2) is 0 Å². The maximum Gasteiger partial charge on any atom is 0.237 e. The summed E-state index contributed by atoms with van der Waals surface area (Å²) in [5, 5.41) is 3.44. The zero-order valence-corrected chi connectivity index (χ0v) is 16.9. The van der Waals surface area contributed by atoms with Gasteiger partial charge in [0.05, 0.1) is 12.3 Å². The Kier molecular flexibility index (Phi) is 5.07. The molecule has 148 valence electrons. The highest BCUT2D eigenvalue weighted by Gasteiger charge is 2.49. The van der Waals surface area contributed by atoms with E-state index in [9.17, 15) is 13.2 Å². The first-order valence-electron chi connectivity index (χ1n) is 10.3. The molecule has 1 amide bonds. The van der Waals surface area contributed by atoms with E-state index in [4.69, 9.17) is 0 Å². The molecule has 1 aliphatic heterocycles. The predicted molar refractivity (Wildman–Crippen MR) is 101 cm³/mol. The molecule has 1 saturated heterocycles. The highest BCUT2D eigenvalue weighted by atomic mass is 32.2. The first-order valence-corrected chi connectivity index (χ1v) is 12.1. The first kappa shape index (κ1) is 18.7. The number of likely N-dealkylation sites (N-methyl/N-ethyl adjacent to an activating group) is 1. The van der Waals surface area contributed by atoms with Gasteiger partial charge in [-0.1, -0.05) is 0 Å². The van der Waals surface area contributed by atoms with E-state index < -0.39 is 10.0 Å². The molecule has 4 bridgehead atoms. The van der Waals surface area contributed by atoms with Crippen molar-refractivity contribution in [3.05, 3.63) is 0 Å². The number of carbonyl (C=O) groups excluding carboxylic acids is 1. The lowest BCUT2D eigenvalue weighted by atomic mass is 9.54. The van der Waals surface area contributed by atoms with E-state index in [2.05, 4.69) is 10.2 Å². The molecule has 6 nitrogen and oxygen atoms in total. The van der Waals surface area contributed by atoms with Gasteiger partial charge < -0.3 is 5.32 Å². The second-order valence-corrected chi connectivity index (χ2v) is 11.3. The molecule has 0 aromatic carbocycles. The fraction of sp³-hybridized carbons (Fsp3) is 0.947. The molecule has 1 atom stereocenters. The topological polar surface area (TPSA) is 69.7 Å². The maximum absolute atomic E-state index is 13.0. The Morgan fingerprint density at radius 2 is 1.73 bits per heavy atom. The number of likely N-dealkylation sites (tertiary alicyclic amines) is 1. The number of nitrogens with zero attached hydrogens (tertiary/aromatic N) is 2. The zero-order chi connectivity index (χ0) is 18.5. The average Bonchev–Trinajstić information content (AvgIpc) is 3.02. The molecule has 5 fully saturated rings. The zero-order valence-electron chi connectivity index (χ0n) is 16.1. The van der Waals surface area contributed by atoms with Crippen LogP contribution in [0.4, 0.5) is 0 Å². The van der Waals surface area contributed by atoms with Crippen LogP contribution < -0.4 is 5.32 Å². The highest BCUT2D eigenvalue weighted by molar-refractivity contribution is 7.88. The predicted octanol–water partition coefficient (Wildman–Crippen LogP) is 1.28. The van der Waals surface area contributed by atoms with Gasteiger partial charge in [0, 0.05) is 26.2 Å². The molecular formula is C19H33N3O3S. The fourth-order valence-electron chi connectivity index (χ4n) is 6.25. The van der Waals surface area contributed by atoms with Crippen LogP contribution in [-0.4, -0.2) is 68.6 Å². The summed E-state index contributed by atoms with van der Waals surface area (Å²) in [6.45, 7) is 1.96. The summed E-state index contributed by atoms with van der Waals surface area (Å²) in [4.78, 5) is 15.2. The van der Waals surface area contributed by atoms with Crippen molar-refractivity contribution in [2.24, 2.45) is 23.7 Å². The van der Waals surface area contributed by atoms with Gasteiger partial charge in [0.25, 0.3) is 0 Å². The lowest BCUT2D eigenvalue weighted by Crippen LogP contribution is -2.58. The standard InChI is InChI=1S/C19H33N3O3S/c1-21(26(2,24)25)6-7-22-5-3-4-17(22)19(23)20-18-15-9-13-8-14(11-15)12-16(18)10-13/h13-18H,3-12H2,1-2H3,(H,20,23)/t13?,14?,15?,16?,17-,18?/m1/s1. The van der Waals surface area contributed by atoms with Crippen LogP contribution >= 0.6 is 0 Å². The van der Waals surface area contributed by atoms with Gasteiger partial charge in [-0.2, -0.15) is 0 Å². The Balaban J connectivity index is 1.34. The normalized spacial score (nSPS) is 39.7. The SMILES string of the molecule is CN(CCN1CCC[C@@H]1C(=O)NC1C2CC3CC(C2)CC1C3)S(C)(=O)=O. The van der Waals surface area contributed by atoms with Gasteiger partial charge >= 0.3 is 0 Å². The third-order valence-electron chi connectivity index (χ3n) is 7.47. The highest BCUT2D eigenvalue weighted by Crippen LogP contribution is 2.53. The second kappa shape index (κ2) is 7.06. The van der Waals surface area contributed by atoms with E-state index in [0.29, 0.717) is 31.0 Å². The minimum atomic E-state index is -3.16. The third-order valence-corrected chi connectivity index (χ3v) is 8.79. The van der Waals surface area contributed by atoms with Crippen LogP contribution in [0.15, 0.2) is 0 Å². The molecule has 0 unspecified atom stereocenters. The summed E-state index contributed by atoms with van der Waals surface area (Å²) in [5.41, 5.74) is 0. The van der Waals surface area contributed by atoms with Crippen LogP contribution in [0.3, 0.4) is 0 Å². The van der Waals surface area contributed by atoms with Crippen LogP contribution in [0.2, 0.25) is 0 Å². The summed E-state index contributed by atoms with van der Waals surface area (Å²) in [7, 11) is -1.55. The van der Waals surface area contributed by atoms with Crippen LogP contribution in [-0.2, 0) is 14.8 Å². The maximum atomic E-state index is 13.0. The smallest absolute Gasteiger partial charge is 0.237 e. The number of carbonyl (C=O) groups is 1. The monoisotopic (exact) mass is 383 g/mol. The quantitative estimate of drug-likeness (QED) is 0.750. The van der Waals surface area contributed by atoms with E-state index >= 15 is 0 Å². The van der Waals surface area contributed by atoms with Crippen molar-refractivity contribution < 1.29 is 13.2 Å². The van der Waals surface area contributed by atoms with Gasteiger partial charge in [-0.25, -0.2) is 12.7 Å². The second-order valence-electron chi connectivity index (χ2n) is 9.24. The molecule has 4 saturated carbocycles. The molecule has 0 aromatic heterocycles. The van der Waals surface area contributed by atoms with E-state index in [0.717, 1.165) is 31.2 Å². The summed E-state index contributed by atoms with van der Waals surface area (Å²) in [6.07, 6.45) is 9.81. The number of sulfonamides is 1. The molecule has 26 heavy (non-hydrogen) atoms. The molecule has 1 N–H and O–H groups in total. The van der Waals surface area contributed by atoms with E-state index in [1.807, 2.05) is 0 Å². The number of rotatable bonds is 6. The van der Waals surface area contributed by atoms with Gasteiger partial charge in [0.2, 0.25) is 15.9 Å². The number of hydrogen-bond acceptors (Lipinski definition) is 4. The molecule has 1 heterocycles. The van der Waals surface area contributed by atoms with Crippen molar-refractivity contribution in [2.75, 3.05) is 32.9 Å². The Hall–Kier alpha value is -0.660. The average molecular weight is 384 g/mol. The molecule has 0 spiro atoms. The Morgan fingerprint density at radius 3 is 2.31 bits per heavy atom. The summed E-state index contributed by atoms with van der Waals surface area (Å²) in [6, 6.07) is 0.302. The Labute approximate surface area is 157 Å². The van der Waals surface area contributed by atoms with Gasteiger partial charge in [-0.15, -0.1) is 0 Å². The van der Waals surface area contributed by atoms with Crippen molar-refractivity contribution in [2.45, 2.75) is 57.0 Å². The van der Waals surface area contributed by atoms with Gasteiger partial charge in [0.1, 0.15) is 0 Å². The summed E-state index contributed by atoms with van der Waals surface area (Å²) in [5.74, 6) is 3.41. The summed E-state index contributed by atoms with van der Waals surface area (Å²) >= 11 is 0. The molecule has 0 radical (unpaired) electrons. The number of amides is 1. The minimum absolute atomic E-state index is 0.0832.